The van der Waals surface area contributed by atoms with Crippen molar-refractivity contribution in [2.75, 3.05) is 13.1 Å². The first-order valence-corrected chi connectivity index (χ1v) is 7.93. The second-order valence-corrected chi connectivity index (χ2v) is 5.68. The Morgan fingerprint density at radius 3 is 1.95 bits per heavy atom. The molecule has 1 amide bonds. The zero-order chi connectivity index (χ0) is 16.0. The first-order chi connectivity index (χ1) is 9.93. The fourth-order valence-electron chi connectivity index (χ4n) is 2.66. The summed E-state index contributed by atoms with van der Waals surface area (Å²) in [5.74, 6) is 0.0268. The molecule has 0 saturated heterocycles. The lowest BCUT2D eigenvalue weighted by atomic mass is 10.1. The van der Waals surface area contributed by atoms with Crippen LogP contribution in [0.15, 0.2) is 0 Å². The zero-order valence-corrected chi connectivity index (χ0v) is 14.0. The summed E-state index contributed by atoms with van der Waals surface area (Å²) in [4.78, 5) is 29.5. The van der Waals surface area contributed by atoms with Crippen molar-refractivity contribution < 1.29 is 9.59 Å². The van der Waals surface area contributed by atoms with Crippen LogP contribution in [0.2, 0.25) is 0 Å². The molecule has 1 N–H and O–H groups in total. The number of ketones is 1. The first kappa shape index (κ1) is 17.5. The van der Waals surface area contributed by atoms with Gasteiger partial charge in [0.05, 0.1) is 0 Å². The molecule has 0 atom stereocenters. The van der Waals surface area contributed by atoms with Crippen LogP contribution in [0.4, 0.5) is 0 Å². The van der Waals surface area contributed by atoms with Crippen molar-refractivity contribution >= 4 is 11.7 Å². The molecule has 0 spiro atoms. The van der Waals surface area contributed by atoms with Crippen LogP contribution in [0.3, 0.4) is 0 Å². The molecule has 0 aromatic carbocycles. The van der Waals surface area contributed by atoms with Gasteiger partial charge in [0, 0.05) is 24.3 Å². The molecule has 0 radical (unpaired) electrons. The van der Waals surface area contributed by atoms with Crippen molar-refractivity contribution in [2.24, 2.45) is 0 Å². The van der Waals surface area contributed by atoms with E-state index in [4.69, 9.17) is 0 Å². The summed E-state index contributed by atoms with van der Waals surface area (Å²) in [6, 6.07) is 0. The van der Waals surface area contributed by atoms with Crippen LogP contribution in [0.25, 0.3) is 0 Å². The number of amides is 1. The number of aryl methyl sites for hydroxylation is 1. The third-order valence-corrected chi connectivity index (χ3v) is 3.85. The van der Waals surface area contributed by atoms with Crippen molar-refractivity contribution in [3.05, 3.63) is 22.5 Å². The van der Waals surface area contributed by atoms with Crippen LogP contribution < -0.4 is 0 Å². The standard InChI is InChI=1S/C17H28N2O2/c1-6-8-10-19(11-9-7-2)17(21)16-12(3)15(14(5)20)13(4)18-16/h18H,6-11H2,1-5H3. The minimum absolute atomic E-state index is 0.00830. The van der Waals surface area contributed by atoms with Gasteiger partial charge in [0.1, 0.15) is 5.69 Å². The summed E-state index contributed by atoms with van der Waals surface area (Å²) in [5, 5.41) is 0. The Kier molecular flexibility index (Phi) is 6.66. The number of carbonyl (C=O) groups excluding carboxylic acids is 2. The van der Waals surface area contributed by atoms with Crippen molar-refractivity contribution in [3.8, 4) is 0 Å². The summed E-state index contributed by atoms with van der Waals surface area (Å²) < 4.78 is 0. The Hall–Kier alpha value is -1.58. The molecule has 0 saturated carbocycles. The number of Topliss-reactive ketones (excluding diaryl/α,β-unsaturated/α-hetero) is 1. The topological polar surface area (TPSA) is 53.2 Å². The summed E-state index contributed by atoms with van der Waals surface area (Å²) >= 11 is 0. The molecule has 0 unspecified atom stereocenters. The smallest absolute Gasteiger partial charge is 0.270 e. The minimum atomic E-state index is 0.00830. The van der Waals surface area contributed by atoms with E-state index in [0.29, 0.717) is 11.3 Å². The van der Waals surface area contributed by atoms with Gasteiger partial charge in [-0.15, -0.1) is 0 Å². The van der Waals surface area contributed by atoms with Crippen LogP contribution in [0.5, 0.6) is 0 Å². The molecule has 0 aliphatic carbocycles. The Labute approximate surface area is 127 Å². The van der Waals surface area contributed by atoms with E-state index in [-0.39, 0.29) is 11.7 Å². The number of H-pyrrole nitrogens is 1. The number of hydrogen-bond acceptors (Lipinski definition) is 2. The van der Waals surface area contributed by atoms with E-state index in [0.717, 1.165) is 50.0 Å². The lowest BCUT2D eigenvalue weighted by Gasteiger charge is -2.22. The van der Waals surface area contributed by atoms with Gasteiger partial charge in [-0.2, -0.15) is 0 Å². The molecule has 1 heterocycles. The number of nitrogens with zero attached hydrogens (tertiary/aromatic N) is 1. The molecular weight excluding hydrogens is 264 g/mol. The van der Waals surface area contributed by atoms with Gasteiger partial charge in [-0.3, -0.25) is 9.59 Å². The summed E-state index contributed by atoms with van der Waals surface area (Å²) in [5.41, 5.74) is 2.80. The lowest BCUT2D eigenvalue weighted by molar-refractivity contribution is 0.0745. The minimum Gasteiger partial charge on any atom is -0.354 e. The monoisotopic (exact) mass is 292 g/mol. The average Bonchev–Trinajstić information content (AvgIpc) is 2.73. The molecule has 1 rings (SSSR count). The largest absolute Gasteiger partial charge is 0.354 e. The second-order valence-electron chi connectivity index (χ2n) is 5.68. The van der Waals surface area contributed by atoms with Crippen molar-refractivity contribution in [3.63, 3.8) is 0 Å². The zero-order valence-electron chi connectivity index (χ0n) is 14.0. The van der Waals surface area contributed by atoms with Crippen molar-refractivity contribution in [2.45, 2.75) is 60.3 Å². The molecule has 0 aliphatic rings. The third kappa shape index (κ3) is 4.19. The summed E-state index contributed by atoms with van der Waals surface area (Å²) in [6.07, 6.45) is 4.15. The van der Waals surface area contributed by atoms with Crippen molar-refractivity contribution in [1.82, 2.24) is 9.88 Å². The van der Waals surface area contributed by atoms with E-state index in [1.807, 2.05) is 18.7 Å². The molecule has 4 heteroatoms. The molecule has 4 nitrogen and oxygen atoms in total. The highest BCUT2D eigenvalue weighted by Crippen LogP contribution is 2.20. The highest BCUT2D eigenvalue weighted by atomic mass is 16.2. The first-order valence-electron chi connectivity index (χ1n) is 7.93. The van der Waals surface area contributed by atoms with Crippen LogP contribution in [0, 0.1) is 13.8 Å². The van der Waals surface area contributed by atoms with Gasteiger partial charge in [0.15, 0.2) is 5.78 Å². The van der Waals surface area contributed by atoms with Gasteiger partial charge in [-0.25, -0.2) is 0 Å². The molecule has 118 valence electrons. The Morgan fingerprint density at radius 1 is 1.05 bits per heavy atom. The maximum atomic E-state index is 12.7. The van der Waals surface area contributed by atoms with Gasteiger partial charge in [-0.05, 0) is 39.2 Å². The third-order valence-electron chi connectivity index (χ3n) is 3.85. The van der Waals surface area contributed by atoms with Gasteiger partial charge in [0.25, 0.3) is 5.91 Å². The van der Waals surface area contributed by atoms with Gasteiger partial charge in [-0.1, -0.05) is 26.7 Å². The molecule has 0 bridgehead atoms. The number of unbranched alkanes of at least 4 members (excludes halogenated alkanes) is 2. The van der Waals surface area contributed by atoms with Gasteiger partial charge >= 0.3 is 0 Å². The highest BCUT2D eigenvalue weighted by molar-refractivity contribution is 6.02. The highest BCUT2D eigenvalue weighted by Gasteiger charge is 2.23. The Bertz CT molecular complexity index is 495. The van der Waals surface area contributed by atoms with E-state index in [2.05, 4.69) is 18.8 Å². The fourth-order valence-corrected chi connectivity index (χ4v) is 2.66. The van der Waals surface area contributed by atoms with Crippen LogP contribution in [-0.4, -0.2) is 34.7 Å². The van der Waals surface area contributed by atoms with Crippen molar-refractivity contribution in [1.29, 1.82) is 0 Å². The molecule has 1 aromatic rings. The summed E-state index contributed by atoms with van der Waals surface area (Å²) in [7, 11) is 0. The van der Waals surface area contributed by atoms with Gasteiger partial charge < -0.3 is 9.88 Å². The number of aromatic nitrogens is 1. The van der Waals surface area contributed by atoms with E-state index in [1.165, 1.54) is 0 Å². The van der Waals surface area contributed by atoms with E-state index in [9.17, 15) is 9.59 Å². The van der Waals surface area contributed by atoms with E-state index in [1.54, 1.807) is 6.92 Å². The average molecular weight is 292 g/mol. The molecule has 1 aromatic heterocycles. The SMILES string of the molecule is CCCCN(CCCC)C(=O)c1[nH]c(C)c(C(C)=O)c1C. The Morgan fingerprint density at radius 2 is 1.57 bits per heavy atom. The number of carbonyl (C=O) groups is 2. The van der Waals surface area contributed by atoms with Gasteiger partial charge in [0.2, 0.25) is 0 Å². The van der Waals surface area contributed by atoms with Crippen LogP contribution in [0.1, 0.15) is 78.6 Å². The Balaban J connectivity index is 3.02. The van der Waals surface area contributed by atoms with E-state index < -0.39 is 0 Å². The number of aromatic amines is 1. The number of hydrogen-bond donors (Lipinski definition) is 1. The van der Waals surface area contributed by atoms with E-state index >= 15 is 0 Å². The predicted molar refractivity (Wildman–Crippen MR) is 86.0 cm³/mol. The second kappa shape index (κ2) is 8.01. The molecular formula is C17H28N2O2. The molecule has 0 aliphatic heterocycles. The van der Waals surface area contributed by atoms with Crippen LogP contribution in [-0.2, 0) is 0 Å². The lowest BCUT2D eigenvalue weighted by Crippen LogP contribution is -2.33. The number of nitrogens with one attached hydrogen (secondary N) is 1. The fraction of sp³-hybridized carbons (Fsp3) is 0.647. The predicted octanol–water partition coefficient (Wildman–Crippen LogP) is 3.88. The number of rotatable bonds is 8. The quantitative estimate of drug-likeness (QED) is 0.739. The van der Waals surface area contributed by atoms with Crippen LogP contribution >= 0.6 is 0 Å². The normalized spacial score (nSPS) is 10.7. The summed E-state index contributed by atoms with van der Waals surface area (Å²) in [6.45, 7) is 11.1. The molecule has 21 heavy (non-hydrogen) atoms. The maximum Gasteiger partial charge on any atom is 0.270 e. The molecule has 0 fully saturated rings. The maximum absolute atomic E-state index is 12.7.